The molecule has 26 nitrogen and oxygen atoms in total. The number of benzene rings is 10. The number of rotatable bonds is 14. The number of hydrogen-bond acceptors (Lipinski definition) is 20. The van der Waals surface area contributed by atoms with Crippen LogP contribution in [0.15, 0.2) is 263 Å². The highest BCUT2D eigenvalue weighted by Crippen LogP contribution is 2.43. The molecule has 5 heterocycles. The number of para-hydroxylation sites is 3. The highest BCUT2D eigenvalue weighted by atomic mass is 79.9. The van der Waals surface area contributed by atoms with Crippen molar-refractivity contribution in [2.24, 2.45) is 10.1 Å². The highest BCUT2D eigenvalue weighted by molar-refractivity contribution is 9.11. The zero-order chi connectivity index (χ0) is 103. The molecular weight excluding hydrogens is 2180 g/mol. The number of carbonyl (C=O) groups excluding carboxylic acids is 5. The first-order valence-electron chi connectivity index (χ1n) is 40.2. The number of amides is 3. The summed E-state index contributed by atoms with van der Waals surface area (Å²) in [6, 6.07) is 58.9. The highest BCUT2D eigenvalue weighted by Gasteiger charge is 2.32. The Bertz CT molecular complexity index is 7850. The molecule has 3 amide bonds. The summed E-state index contributed by atoms with van der Waals surface area (Å²) in [4.78, 5) is 83.9. The number of halogens is 13. The molecule has 0 unspecified atom stereocenters. The van der Waals surface area contributed by atoms with E-state index in [-0.39, 0.29) is 153 Å². The van der Waals surface area contributed by atoms with E-state index in [9.17, 15) is 59.9 Å². The summed E-state index contributed by atoms with van der Waals surface area (Å²) in [5.74, 6) is -2.25. The molecule has 0 spiro atoms. The quantitative estimate of drug-likeness (QED) is 0.0217. The number of aliphatic imine (C=N–C) groups is 1. The number of fused-ring (bicyclic) bond motifs is 2. The van der Waals surface area contributed by atoms with Crippen molar-refractivity contribution in [2.45, 2.75) is 34.1 Å². The average molecular weight is 2240 g/mol. The Labute approximate surface area is 879 Å². The van der Waals surface area contributed by atoms with Crippen LogP contribution >= 0.6 is 171 Å². The fourth-order valence-electron chi connectivity index (χ4n) is 13.0. The number of ketones is 2. The number of aromatic hydroxyl groups is 6. The topological polar surface area (TPSA) is 386 Å². The number of nitrogens with one attached hydrogen (secondary N) is 2. The lowest BCUT2D eigenvalue weighted by Crippen LogP contribution is -2.27. The predicted molar refractivity (Wildman–Crippen MR) is 563 cm³/mol. The largest absolute Gasteiger partial charge is 0.506 e. The standard InChI is InChI=1S/C22H14Br2N2O2S.C17H14Cl3NO3.C17H12Cl2N2O2.C16H9Cl2NO2.C15H7Cl2N5O.C14H4Cl2N4O/c23-16-11-13(12-17(24)20(16)27)10-15(21(28)25-14-6-2-1-3-7-14)22-26-18-8-4-5-9-19(18)29-22;1-3-11-10(4-9-5-12(18)16(23)13(19)6-9)7-14(21-8(2)22)17(24)15(11)20;1-10-13(7-11-8-14(18)16(22)15(19)9-11)17(23)21(20-10)12-5-3-2-4-6-12;17-13-7-10(8-14(18)16(13)21)6-12(9-19)15(20)11-4-2-1-3-5-11;1-7-20-15-9(6-18)13(19-2)12(22(15)21-7)5-8-3-10(16)14(23)11(17)4-8;1-18-12-8(6-17)11(20-14(12)19-2)5-7-3-9(15)13(21)10(16)4-7/h1-12,27H,(H,25,28);4-7,23H,3H2,1-2H3,(H,21,22);2-9,22H,1H3;1-8,21H;3-5,23H,1H3;3-5,21H/b15-10+;10-4+;13-7-;12-6+;12-5+;11-5-. The second kappa shape index (κ2) is 48.5. The Morgan fingerprint density at radius 3 is 1.50 bits per heavy atom. The molecule has 16 rings (SSSR count). The van der Waals surface area contributed by atoms with E-state index in [0.717, 1.165) is 15.8 Å². The lowest BCUT2D eigenvalue weighted by Gasteiger charge is -2.18. The van der Waals surface area contributed by atoms with E-state index in [1.54, 1.807) is 111 Å². The van der Waals surface area contributed by atoms with Crippen LogP contribution in [0, 0.1) is 60.6 Å². The van der Waals surface area contributed by atoms with Crippen molar-refractivity contribution in [3.63, 3.8) is 0 Å². The van der Waals surface area contributed by atoms with Crippen LogP contribution in [-0.4, -0.2) is 91.1 Å². The van der Waals surface area contributed by atoms with Gasteiger partial charge in [-0.15, -0.1) is 16.3 Å². The van der Waals surface area contributed by atoms with Crippen LogP contribution in [-0.2, 0) is 19.2 Å². The van der Waals surface area contributed by atoms with Crippen LogP contribution in [0.5, 0.6) is 34.5 Å². The summed E-state index contributed by atoms with van der Waals surface area (Å²) in [5.41, 5.74) is 9.82. The molecule has 0 saturated carbocycles. The summed E-state index contributed by atoms with van der Waals surface area (Å²) in [6.07, 6.45) is 11.7. The summed E-state index contributed by atoms with van der Waals surface area (Å²) in [5, 5.41) is 103. The zero-order valence-corrected chi connectivity index (χ0v) is 84.8. The third kappa shape index (κ3) is 26.2. The van der Waals surface area contributed by atoms with Gasteiger partial charge in [-0.3, -0.25) is 24.0 Å². The molecule has 8 N–H and O–H groups in total. The minimum atomic E-state index is -0.428. The molecule has 10 aromatic carbocycles. The molecule has 2 aliphatic heterocycles. The van der Waals surface area contributed by atoms with E-state index in [0.29, 0.717) is 110 Å². The number of nitrogens with zero attached hydrogens (tertiary/aromatic N) is 13. The molecule has 141 heavy (non-hydrogen) atoms. The van der Waals surface area contributed by atoms with Crippen molar-refractivity contribution in [3.05, 3.63) is 398 Å². The number of Topliss-reactive ketones (excluding diaryl/α,β-unsaturated/α-hetero) is 2. The molecule has 3 aliphatic rings. The number of hydrazone groups is 1. The van der Waals surface area contributed by atoms with Crippen molar-refractivity contribution in [1.29, 1.82) is 15.8 Å². The third-order valence-corrected chi connectivity index (χ3v) is 25.1. The number of phenolic OH excluding ortho intramolecular Hbond substituents is 6. The number of allylic oxidation sites excluding steroid dienone is 6. The molecule has 0 saturated heterocycles. The lowest BCUT2D eigenvalue weighted by molar-refractivity contribution is -0.120. The fraction of sp³-hybridized carbons (Fsp3) is 0.0495. The molecule has 1 aliphatic carbocycles. The van der Waals surface area contributed by atoms with Gasteiger partial charge in [-0.2, -0.15) is 31.0 Å². The molecule has 0 fully saturated rings. The SMILES string of the molecule is CC1=NN(c2ccccc2)C(=O)/C1=C\c1cc(Cl)c(O)c(Cl)c1.CCC1=C(Cl)C(=O)C(NC(C)=O)=C/C1=C\c1cc(Cl)c(O)c(Cl)c1.N#C/C(=C\c1cc(Cl)c(O)c(Cl)c1)C(=O)c1ccccc1.O=C(Nc1ccccc1)/C(=C\c1cc(Br)c(O)c(Br)c1)c1nc2ccccc2s1.[C-]#[N+]C1=N/C(=C\c2cc(Cl)c(O)c(Cl)c2)C(C#N)=C1[N+]#[C-].[C-]#[N+]c1c(C#N)c2nc(C)nn2/c1=C/c1cc(Cl)c(O)c(Cl)c1. The minimum absolute atomic E-state index is 0.0244. The second-order valence-electron chi connectivity index (χ2n) is 29.1. The van der Waals surface area contributed by atoms with Gasteiger partial charge in [0.1, 0.15) is 33.8 Å². The zero-order valence-electron chi connectivity index (χ0n) is 72.5. The van der Waals surface area contributed by atoms with Crippen LogP contribution in [0.1, 0.15) is 87.3 Å². The Hall–Kier alpha value is -14.4. The molecule has 3 aromatic heterocycles. The number of aromatic nitrogens is 4. The van der Waals surface area contributed by atoms with Crippen LogP contribution in [0.3, 0.4) is 0 Å². The Kier molecular flexibility index (Phi) is 36.8. The predicted octanol–water partition coefficient (Wildman–Crippen LogP) is 27.4. The van der Waals surface area contributed by atoms with Gasteiger partial charge in [0.2, 0.25) is 28.9 Å². The van der Waals surface area contributed by atoms with Gasteiger partial charge in [-0.1, -0.05) is 220 Å². The number of nitriles is 3. The monoisotopic (exact) mass is 2230 g/mol. The molecule has 0 radical (unpaired) electrons. The van der Waals surface area contributed by atoms with Crippen molar-refractivity contribution in [2.75, 3.05) is 10.3 Å². The van der Waals surface area contributed by atoms with Gasteiger partial charge in [-0.05, 0) is 248 Å². The smallest absolute Gasteiger partial charge is 0.280 e. The van der Waals surface area contributed by atoms with Crippen molar-refractivity contribution in [3.8, 4) is 52.7 Å². The van der Waals surface area contributed by atoms with E-state index in [1.165, 1.54) is 76.3 Å². The average Bonchev–Trinajstić information content (AvgIpc) is 1.60. The first kappa shape index (κ1) is 107. The summed E-state index contributed by atoms with van der Waals surface area (Å²) in [6.45, 7) is 28.0. The Morgan fingerprint density at radius 1 is 0.553 bits per heavy atom. The first-order valence-corrected chi connectivity index (χ1v) is 46.7. The van der Waals surface area contributed by atoms with E-state index in [1.807, 2.05) is 110 Å². The van der Waals surface area contributed by atoms with Gasteiger partial charge >= 0.3 is 0 Å². The molecule has 40 heteroatoms. The van der Waals surface area contributed by atoms with E-state index in [2.05, 4.69) is 82.2 Å². The number of amidine groups is 1. The van der Waals surface area contributed by atoms with Gasteiger partial charge in [-0.25, -0.2) is 24.2 Å². The van der Waals surface area contributed by atoms with E-state index < -0.39 is 11.6 Å². The number of aryl methyl sites for hydroxylation is 1. The van der Waals surface area contributed by atoms with Gasteiger partial charge < -0.3 is 46.1 Å². The summed E-state index contributed by atoms with van der Waals surface area (Å²) in [7, 11) is 0. The first-order chi connectivity index (χ1) is 67.2. The van der Waals surface area contributed by atoms with Gasteiger partial charge in [0.15, 0.2) is 40.1 Å². The van der Waals surface area contributed by atoms with Crippen molar-refractivity contribution in [1.82, 2.24) is 24.9 Å². The Balaban J connectivity index is 0.000000162. The van der Waals surface area contributed by atoms with Crippen LogP contribution < -0.4 is 21.0 Å². The second-order valence-corrected chi connectivity index (χ2v) is 36.3. The van der Waals surface area contributed by atoms with Crippen LogP contribution in [0.4, 0.5) is 17.1 Å². The van der Waals surface area contributed by atoms with Crippen molar-refractivity contribution < 1.29 is 54.6 Å². The normalized spacial score (nSPS) is 13.6. The number of carbonyl (C=O) groups is 5. The maximum Gasteiger partial charge on any atom is 0.280 e. The van der Waals surface area contributed by atoms with Crippen molar-refractivity contribution >= 4 is 287 Å². The van der Waals surface area contributed by atoms with Gasteiger partial charge in [0, 0.05) is 18.2 Å². The fourth-order valence-corrected chi connectivity index (χ4v) is 18.1. The maximum atomic E-state index is 13.1. The maximum absolute atomic E-state index is 13.1. The lowest BCUT2D eigenvalue weighted by atomic mass is 9.93. The number of hydrogen-bond donors (Lipinski definition) is 8. The van der Waals surface area contributed by atoms with Crippen LogP contribution in [0.25, 0.3) is 72.4 Å². The number of anilines is 2. The summed E-state index contributed by atoms with van der Waals surface area (Å²) >= 11 is 73.1. The number of thiazole rings is 1. The molecule has 702 valence electrons. The van der Waals surface area contributed by atoms with Crippen LogP contribution in [0.2, 0.25) is 50.2 Å². The van der Waals surface area contributed by atoms with Gasteiger partial charge in [0.05, 0.1) is 139 Å². The Morgan fingerprint density at radius 2 is 1.03 bits per heavy atom. The van der Waals surface area contributed by atoms with E-state index >= 15 is 0 Å². The van der Waals surface area contributed by atoms with E-state index in [4.69, 9.17) is 158 Å². The molecular formula is C101H60Br2Cl11N15O11S. The third-order valence-electron chi connectivity index (χ3n) is 19.5. The molecule has 0 atom stereocenters. The molecule has 13 aromatic rings. The molecule has 0 bridgehead atoms. The minimum Gasteiger partial charge on any atom is -0.506 e. The summed E-state index contributed by atoms with van der Waals surface area (Å²) < 4.78 is 3.51. The number of phenols is 6. The van der Waals surface area contributed by atoms with Gasteiger partial charge in [0.25, 0.3) is 17.6 Å².